The highest BCUT2D eigenvalue weighted by molar-refractivity contribution is 5.66. The molecule has 2 heterocycles. The Morgan fingerprint density at radius 2 is 1.57 bits per heavy atom. The van der Waals surface area contributed by atoms with Gasteiger partial charge in [-0.05, 0) is 24.6 Å². The van der Waals surface area contributed by atoms with Crippen LogP contribution < -0.4 is 24.8 Å². The quantitative estimate of drug-likeness (QED) is 0.612. The number of aryl methyl sites for hydroxylation is 1. The van der Waals surface area contributed by atoms with Gasteiger partial charge in [0.15, 0.2) is 11.5 Å². The zero-order valence-corrected chi connectivity index (χ0v) is 16.3. The van der Waals surface area contributed by atoms with Crippen molar-refractivity contribution in [3.63, 3.8) is 0 Å². The van der Waals surface area contributed by atoms with Crippen LogP contribution in [0.2, 0.25) is 0 Å². The van der Waals surface area contributed by atoms with Crippen molar-refractivity contribution in [3.05, 3.63) is 54.0 Å². The fourth-order valence-corrected chi connectivity index (χ4v) is 2.69. The second-order valence-corrected chi connectivity index (χ2v) is 5.97. The Morgan fingerprint density at radius 1 is 0.893 bits per heavy atom. The van der Waals surface area contributed by atoms with Gasteiger partial charge in [0.25, 0.3) is 0 Å². The molecule has 0 bridgehead atoms. The van der Waals surface area contributed by atoms with Gasteiger partial charge in [-0.15, -0.1) is 0 Å². The molecule has 0 saturated carbocycles. The van der Waals surface area contributed by atoms with E-state index in [1.165, 1.54) is 0 Å². The number of benzene rings is 1. The van der Waals surface area contributed by atoms with Gasteiger partial charge in [-0.1, -0.05) is 0 Å². The summed E-state index contributed by atoms with van der Waals surface area (Å²) in [5, 5.41) is 6.50. The summed E-state index contributed by atoms with van der Waals surface area (Å²) in [6, 6.07) is 9.40. The standard InChI is InChI=1S/C20H23N5O3/c1-13-9-18(22-12-14-5-7-21-8-6-14)25-20(23-13)24-15-10-16(26-2)19(28-4)17(11-15)27-3/h5-11H,12H2,1-4H3,(H2,22,23,24,25). The Labute approximate surface area is 163 Å². The summed E-state index contributed by atoms with van der Waals surface area (Å²) in [4.78, 5) is 13.0. The molecule has 0 aliphatic carbocycles. The van der Waals surface area contributed by atoms with Crippen LogP contribution in [0.5, 0.6) is 17.2 Å². The second kappa shape index (κ2) is 8.90. The number of aromatic nitrogens is 3. The Balaban J connectivity index is 1.81. The normalized spacial score (nSPS) is 10.3. The molecule has 28 heavy (non-hydrogen) atoms. The predicted molar refractivity (Wildman–Crippen MR) is 108 cm³/mol. The Hall–Kier alpha value is -3.55. The molecular weight excluding hydrogens is 358 g/mol. The van der Waals surface area contributed by atoms with Crippen molar-refractivity contribution >= 4 is 17.5 Å². The minimum absolute atomic E-state index is 0.464. The lowest BCUT2D eigenvalue weighted by molar-refractivity contribution is 0.324. The number of methoxy groups -OCH3 is 3. The van der Waals surface area contributed by atoms with Gasteiger partial charge in [-0.25, -0.2) is 4.98 Å². The zero-order valence-electron chi connectivity index (χ0n) is 16.3. The van der Waals surface area contributed by atoms with Gasteiger partial charge in [-0.2, -0.15) is 4.98 Å². The van der Waals surface area contributed by atoms with E-state index in [9.17, 15) is 0 Å². The van der Waals surface area contributed by atoms with Crippen molar-refractivity contribution < 1.29 is 14.2 Å². The molecular formula is C20H23N5O3. The highest BCUT2D eigenvalue weighted by Gasteiger charge is 2.14. The summed E-state index contributed by atoms with van der Waals surface area (Å²) < 4.78 is 16.1. The molecule has 2 N–H and O–H groups in total. The summed E-state index contributed by atoms with van der Waals surface area (Å²) in [6.07, 6.45) is 3.53. The number of rotatable bonds is 8. The highest BCUT2D eigenvalue weighted by Crippen LogP contribution is 2.40. The largest absolute Gasteiger partial charge is 0.493 e. The van der Waals surface area contributed by atoms with Crippen molar-refractivity contribution in [2.45, 2.75) is 13.5 Å². The lowest BCUT2D eigenvalue weighted by Crippen LogP contribution is -2.06. The number of ether oxygens (including phenoxy) is 3. The molecule has 3 aromatic rings. The van der Waals surface area contributed by atoms with E-state index in [0.717, 1.165) is 22.8 Å². The molecule has 1 aromatic carbocycles. The number of nitrogens with zero attached hydrogens (tertiary/aromatic N) is 3. The molecule has 0 atom stereocenters. The van der Waals surface area contributed by atoms with E-state index in [-0.39, 0.29) is 0 Å². The first-order valence-electron chi connectivity index (χ1n) is 8.68. The summed E-state index contributed by atoms with van der Waals surface area (Å²) in [7, 11) is 4.72. The first-order valence-corrected chi connectivity index (χ1v) is 8.68. The van der Waals surface area contributed by atoms with Gasteiger partial charge in [-0.3, -0.25) is 4.98 Å². The first-order chi connectivity index (χ1) is 13.6. The second-order valence-electron chi connectivity index (χ2n) is 5.97. The molecule has 0 fully saturated rings. The van der Waals surface area contributed by atoms with Crippen LogP contribution in [0.4, 0.5) is 17.5 Å². The molecule has 2 aromatic heterocycles. The first kappa shape index (κ1) is 19.2. The summed E-state index contributed by atoms with van der Waals surface area (Å²) >= 11 is 0. The molecule has 0 radical (unpaired) electrons. The lowest BCUT2D eigenvalue weighted by atomic mass is 10.2. The van der Waals surface area contributed by atoms with Gasteiger partial charge in [0.05, 0.1) is 21.3 Å². The van der Waals surface area contributed by atoms with Crippen LogP contribution >= 0.6 is 0 Å². The topological polar surface area (TPSA) is 90.4 Å². The minimum atomic E-state index is 0.464. The van der Waals surface area contributed by atoms with E-state index in [1.54, 1.807) is 45.9 Å². The van der Waals surface area contributed by atoms with E-state index in [1.807, 2.05) is 25.1 Å². The number of hydrogen-bond acceptors (Lipinski definition) is 8. The Kier molecular flexibility index (Phi) is 6.11. The average Bonchev–Trinajstić information content (AvgIpc) is 2.71. The van der Waals surface area contributed by atoms with Crippen molar-refractivity contribution in [3.8, 4) is 17.2 Å². The van der Waals surface area contributed by atoms with Crippen LogP contribution in [0.1, 0.15) is 11.3 Å². The fourth-order valence-electron chi connectivity index (χ4n) is 2.69. The zero-order chi connectivity index (χ0) is 19.9. The third kappa shape index (κ3) is 4.59. The minimum Gasteiger partial charge on any atom is -0.493 e. The van der Waals surface area contributed by atoms with Crippen molar-refractivity contribution in [2.75, 3.05) is 32.0 Å². The van der Waals surface area contributed by atoms with Crippen molar-refractivity contribution in [1.82, 2.24) is 15.0 Å². The third-order valence-electron chi connectivity index (χ3n) is 4.00. The monoisotopic (exact) mass is 381 g/mol. The molecule has 8 nitrogen and oxygen atoms in total. The van der Waals surface area contributed by atoms with Crippen LogP contribution in [0, 0.1) is 6.92 Å². The number of nitrogens with one attached hydrogen (secondary N) is 2. The van der Waals surface area contributed by atoms with Crippen molar-refractivity contribution in [2.24, 2.45) is 0 Å². The fraction of sp³-hybridized carbons (Fsp3) is 0.250. The molecule has 3 rings (SSSR count). The molecule has 0 aliphatic rings. The van der Waals surface area contributed by atoms with Crippen LogP contribution in [-0.4, -0.2) is 36.3 Å². The summed E-state index contributed by atoms with van der Waals surface area (Å²) in [5.41, 5.74) is 2.67. The van der Waals surface area contributed by atoms with Gasteiger partial charge >= 0.3 is 0 Å². The van der Waals surface area contributed by atoms with Gasteiger partial charge in [0.2, 0.25) is 11.7 Å². The molecule has 0 unspecified atom stereocenters. The number of anilines is 3. The van der Waals surface area contributed by atoms with Gasteiger partial charge in [0.1, 0.15) is 5.82 Å². The Bertz CT molecular complexity index is 909. The third-order valence-corrected chi connectivity index (χ3v) is 4.00. The van der Waals surface area contributed by atoms with Crippen LogP contribution in [0.25, 0.3) is 0 Å². The van der Waals surface area contributed by atoms with E-state index < -0.39 is 0 Å². The van der Waals surface area contributed by atoms with E-state index in [4.69, 9.17) is 14.2 Å². The number of hydrogen-bond donors (Lipinski definition) is 2. The van der Waals surface area contributed by atoms with E-state index >= 15 is 0 Å². The lowest BCUT2D eigenvalue weighted by Gasteiger charge is -2.15. The van der Waals surface area contributed by atoms with Crippen LogP contribution in [0.15, 0.2) is 42.7 Å². The molecule has 0 spiro atoms. The summed E-state index contributed by atoms with van der Waals surface area (Å²) in [6.45, 7) is 2.56. The maximum atomic E-state index is 5.39. The summed E-state index contributed by atoms with van der Waals surface area (Å²) in [5.74, 6) is 2.81. The van der Waals surface area contributed by atoms with Crippen LogP contribution in [-0.2, 0) is 6.54 Å². The van der Waals surface area contributed by atoms with Crippen molar-refractivity contribution in [1.29, 1.82) is 0 Å². The molecule has 8 heteroatoms. The van der Waals surface area contributed by atoms with E-state index in [0.29, 0.717) is 29.7 Å². The Morgan fingerprint density at radius 3 is 2.18 bits per heavy atom. The molecule has 0 amide bonds. The smallest absolute Gasteiger partial charge is 0.229 e. The number of pyridine rings is 1. The van der Waals surface area contributed by atoms with Gasteiger partial charge < -0.3 is 24.8 Å². The molecule has 0 aliphatic heterocycles. The average molecular weight is 381 g/mol. The van der Waals surface area contributed by atoms with Crippen LogP contribution in [0.3, 0.4) is 0 Å². The predicted octanol–water partition coefficient (Wildman–Crippen LogP) is 3.56. The molecule has 0 saturated heterocycles. The maximum Gasteiger partial charge on any atom is 0.229 e. The SMILES string of the molecule is COc1cc(Nc2nc(C)cc(NCc3ccncc3)n2)cc(OC)c1OC. The van der Waals surface area contributed by atoms with Gasteiger partial charge in [0, 0.05) is 48.5 Å². The maximum absolute atomic E-state index is 5.39. The van der Waals surface area contributed by atoms with E-state index in [2.05, 4.69) is 25.6 Å². The molecule has 146 valence electrons. The highest BCUT2D eigenvalue weighted by atomic mass is 16.5.